The molecular formula is C35H39N5O3. The van der Waals surface area contributed by atoms with Gasteiger partial charge in [0.05, 0.1) is 5.69 Å². The minimum absolute atomic E-state index is 0.00893. The van der Waals surface area contributed by atoms with Gasteiger partial charge in [0.1, 0.15) is 5.69 Å². The van der Waals surface area contributed by atoms with E-state index in [-0.39, 0.29) is 22.8 Å². The molecule has 4 aromatic rings. The van der Waals surface area contributed by atoms with E-state index < -0.39 is 0 Å². The normalized spacial score (nSPS) is 13.6. The molecule has 1 aliphatic rings. The van der Waals surface area contributed by atoms with Gasteiger partial charge in [-0.15, -0.1) is 0 Å². The number of anilines is 1. The van der Waals surface area contributed by atoms with E-state index in [1.54, 1.807) is 17.8 Å². The lowest BCUT2D eigenvalue weighted by Crippen LogP contribution is -2.46. The summed E-state index contributed by atoms with van der Waals surface area (Å²) in [6, 6.07) is 20.8. The standard InChI is InChI=1S/C35H39N5O3/c1-23-28(7-6-8-29(23)38-32(41)25-13-15-27(16-14-25)35(2,3)4)31-22-39(5)34(43)30(37-31)21-24-9-11-26(12-10-24)33(42)40-19-17-36-18-20-40/h6-16,22,36H,17-21H2,1-5H3,(H,38,41). The molecule has 8 heteroatoms. The van der Waals surface area contributed by atoms with Crippen LogP contribution in [0.3, 0.4) is 0 Å². The third-order valence-corrected chi connectivity index (χ3v) is 7.99. The molecule has 2 N–H and O–H groups in total. The summed E-state index contributed by atoms with van der Waals surface area (Å²) in [5, 5.41) is 6.30. The summed E-state index contributed by atoms with van der Waals surface area (Å²) in [5.74, 6) is -0.165. The molecule has 8 nitrogen and oxygen atoms in total. The number of carbonyl (C=O) groups excluding carboxylic acids is 2. The maximum Gasteiger partial charge on any atom is 0.272 e. The van der Waals surface area contributed by atoms with Gasteiger partial charge in [-0.3, -0.25) is 14.4 Å². The van der Waals surface area contributed by atoms with Crippen LogP contribution >= 0.6 is 0 Å². The second-order valence-electron chi connectivity index (χ2n) is 12.2. The number of hydrogen-bond donors (Lipinski definition) is 2. The van der Waals surface area contributed by atoms with Crippen molar-refractivity contribution in [3.8, 4) is 11.3 Å². The van der Waals surface area contributed by atoms with Gasteiger partial charge in [-0.25, -0.2) is 4.98 Å². The van der Waals surface area contributed by atoms with Gasteiger partial charge in [0.2, 0.25) is 0 Å². The molecule has 1 aromatic heterocycles. The van der Waals surface area contributed by atoms with Crippen molar-refractivity contribution in [2.45, 2.75) is 39.5 Å². The van der Waals surface area contributed by atoms with E-state index in [4.69, 9.17) is 4.98 Å². The molecule has 1 saturated heterocycles. The summed E-state index contributed by atoms with van der Waals surface area (Å²) in [5.41, 5.74) is 6.54. The van der Waals surface area contributed by atoms with Gasteiger partial charge in [0.25, 0.3) is 17.4 Å². The van der Waals surface area contributed by atoms with Crippen LogP contribution in [0.1, 0.15) is 63.9 Å². The van der Waals surface area contributed by atoms with Gasteiger partial charge >= 0.3 is 0 Å². The Labute approximate surface area is 252 Å². The first kappa shape index (κ1) is 29.9. The van der Waals surface area contributed by atoms with Crippen LogP contribution in [0.15, 0.2) is 77.7 Å². The zero-order valence-electron chi connectivity index (χ0n) is 25.5. The Hall–Kier alpha value is -4.56. The first-order chi connectivity index (χ1) is 20.5. The topological polar surface area (TPSA) is 96.3 Å². The molecular weight excluding hydrogens is 538 g/mol. The fourth-order valence-electron chi connectivity index (χ4n) is 5.29. The molecule has 0 saturated carbocycles. The number of rotatable bonds is 6. The maximum absolute atomic E-state index is 13.1. The van der Waals surface area contributed by atoms with Gasteiger partial charge in [-0.1, -0.05) is 57.2 Å². The van der Waals surface area contributed by atoms with Gasteiger partial charge in [0, 0.05) is 68.2 Å². The number of carbonyl (C=O) groups is 2. The van der Waals surface area contributed by atoms with Gasteiger partial charge in [0.15, 0.2) is 0 Å². The Kier molecular flexibility index (Phi) is 8.59. The van der Waals surface area contributed by atoms with E-state index in [0.717, 1.165) is 29.8 Å². The summed E-state index contributed by atoms with van der Waals surface area (Å²) >= 11 is 0. The van der Waals surface area contributed by atoms with E-state index in [1.165, 1.54) is 5.56 Å². The van der Waals surface area contributed by atoms with Crippen LogP contribution in [0.5, 0.6) is 0 Å². The zero-order valence-corrected chi connectivity index (χ0v) is 25.5. The molecule has 2 amide bonds. The van der Waals surface area contributed by atoms with Crippen LogP contribution in [0.25, 0.3) is 11.3 Å². The summed E-state index contributed by atoms with van der Waals surface area (Å²) in [7, 11) is 1.72. The first-order valence-electron chi connectivity index (χ1n) is 14.7. The summed E-state index contributed by atoms with van der Waals surface area (Å²) in [6.45, 7) is 11.4. The number of piperazine rings is 1. The molecule has 0 unspecified atom stereocenters. The van der Waals surface area contributed by atoms with Gasteiger partial charge < -0.3 is 20.1 Å². The number of hydrogen-bond acceptors (Lipinski definition) is 5. The number of benzene rings is 3. The third-order valence-electron chi connectivity index (χ3n) is 7.99. The fraction of sp³-hybridized carbons (Fsp3) is 0.314. The highest BCUT2D eigenvalue weighted by atomic mass is 16.2. The van der Waals surface area contributed by atoms with Crippen LogP contribution in [0, 0.1) is 6.92 Å². The largest absolute Gasteiger partial charge is 0.336 e. The summed E-state index contributed by atoms with van der Waals surface area (Å²) in [4.78, 5) is 45.6. The van der Waals surface area contributed by atoms with Crippen molar-refractivity contribution in [1.29, 1.82) is 0 Å². The van der Waals surface area contributed by atoms with Gasteiger partial charge in [-0.2, -0.15) is 0 Å². The molecule has 5 rings (SSSR count). The number of amides is 2. The third kappa shape index (κ3) is 6.75. The Morgan fingerprint density at radius 3 is 2.23 bits per heavy atom. The number of nitrogens with one attached hydrogen (secondary N) is 2. The molecule has 1 aliphatic heterocycles. The average Bonchev–Trinajstić information content (AvgIpc) is 3.00. The molecule has 0 bridgehead atoms. The monoisotopic (exact) mass is 577 g/mol. The summed E-state index contributed by atoms with van der Waals surface area (Å²) < 4.78 is 1.54. The van der Waals surface area contributed by atoms with Crippen molar-refractivity contribution in [2.75, 3.05) is 31.5 Å². The molecule has 43 heavy (non-hydrogen) atoms. The average molecular weight is 578 g/mol. The van der Waals surface area contributed by atoms with E-state index in [9.17, 15) is 14.4 Å². The smallest absolute Gasteiger partial charge is 0.272 e. The Morgan fingerprint density at radius 1 is 0.930 bits per heavy atom. The zero-order chi connectivity index (χ0) is 30.7. The highest BCUT2D eigenvalue weighted by Crippen LogP contribution is 2.28. The van der Waals surface area contributed by atoms with E-state index in [0.29, 0.717) is 47.7 Å². The second-order valence-corrected chi connectivity index (χ2v) is 12.2. The van der Waals surface area contributed by atoms with Crippen molar-refractivity contribution in [1.82, 2.24) is 19.8 Å². The highest BCUT2D eigenvalue weighted by Gasteiger charge is 2.19. The Balaban J connectivity index is 1.35. The minimum Gasteiger partial charge on any atom is -0.336 e. The molecule has 222 valence electrons. The van der Waals surface area contributed by atoms with Crippen LogP contribution in [-0.4, -0.2) is 52.4 Å². The van der Waals surface area contributed by atoms with Crippen molar-refractivity contribution >= 4 is 17.5 Å². The van der Waals surface area contributed by atoms with E-state index >= 15 is 0 Å². The first-order valence-corrected chi connectivity index (χ1v) is 14.7. The quantitative estimate of drug-likeness (QED) is 0.338. The second kappa shape index (κ2) is 12.4. The van der Waals surface area contributed by atoms with Crippen LogP contribution in [0.2, 0.25) is 0 Å². The molecule has 2 heterocycles. The van der Waals surface area contributed by atoms with Crippen molar-refractivity contribution < 1.29 is 9.59 Å². The lowest BCUT2D eigenvalue weighted by Gasteiger charge is -2.27. The predicted octanol–water partition coefficient (Wildman–Crippen LogP) is 4.94. The molecule has 0 spiro atoms. The molecule has 1 fully saturated rings. The lowest BCUT2D eigenvalue weighted by molar-refractivity contribution is 0.0735. The maximum atomic E-state index is 13.1. The summed E-state index contributed by atoms with van der Waals surface area (Å²) in [6.07, 6.45) is 2.06. The molecule has 0 radical (unpaired) electrons. The van der Waals surface area contributed by atoms with E-state index in [2.05, 4.69) is 31.4 Å². The number of aromatic nitrogens is 2. The van der Waals surface area contributed by atoms with Crippen molar-refractivity contribution in [3.63, 3.8) is 0 Å². The molecule has 0 atom stereocenters. The van der Waals surface area contributed by atoms with Crippen LogP contribution < -0.4 is 16.2 Å². The molecule has 3 aromatic carbocycles. The highest BCUT2D eigenvalue weighted by molar-refractivity contribution is 6.05. The number of aryl methyl sites for hydroxylation is 1. The van der Waals surface area contributed by atoms with E-state index in [1.807, 2.05) is 78.6 Å². The lowest BCUT2D eigenvalue weighted by atomic mass is 9.86. The van der Waals surface area contributed by atoms with Crippen molar-refractivity contribution in [2.24, 2.45) is 7.05 Å². The Morgan fingerprint density at radius 2 is 1.58 bits per heavy atom. The Bertz CT molecular complexity index is 1690. The van der Waals surface area contributed by atoms with Crippen LogP contribution in [0.4, 0.5) is 5.69 Å². The van der Waals surface area contributed by atoms with Gasteiger partial charge in [-0.05, 0) is 59.4 Å². The fourth-order valence-corrected chi connectivity index (χ4v) is 5.29. The number of nitrogens with zero attached hydrogens (tertiary/aromatic N) is 3. The van der Waals surface area contributed by atoms with Crippen LogP contribution in [-0.2, 0) is 18.9 Å². The molecule has 0 aliphatic carbocycles. The van der Waals surface area contributed by atoms with Crippen molar-refractivity contribution in [3.05, 3.63) is 117 Å². The minimum atomic E-state index is -0.186. The SMILES string of the molecule is Cc1c(NC(=O)c2ccc(C(C)(C)C)cc2)cccc1-c1cn(C)c(=O)c(Cc2ccc(C(=O)N3CCNCC3)cc2)n1. The predicted molar refractivity (Wildman–Crippen MR) is 171 cm³/mol.